The Morgan fingerprint density at radius 2 is 2.05 bits per heavy atom. The van der Waals surface area contributed by atoms with Gasteiger partial charge in [-0.1, -0.05) is 29.8 Å². The minimum atomic E-state index is -0.264. The number of aromatic nitrogens is 2. The Hall–Kier alpha value is -2.53. The molecule has 3 aromatic rings. The van der Waals surface area contributed by atoms with Crippen LogP contribution < -0.4 is 15.6 Å². The van der Waals surface area contributed by atoms with Crippen LogP contribution in [0.2, 0.25) is 5.15 Å². The van der Waals surface area contributed by atoms with Crippen LogP contribution >= 0.6 is 11.6 Å². The Balaban J connectivity index is 1.89. The number of rotatable bonds is 4. The van der Waals surface area contributed by atoms with Gasteiger partial charge in [-0.05, 0) is 24.3 Å². The second-order valence-electron chi connectivity index (χ2n) is 4.77. The van der Waals surface area contributed by atoms with Gasteiger partial charge in [-0.2, -0.15) is 5.10 Å². The minimum absolute atomic E-state index is 0.264. The number of hydrogen-bond acceptors (Lipinski definition) is 4. The summed E-state index contributed by atoms with van der Waals surface area (Å²) in [5, 5.41) is 10.8. The lowest BCUT2D eigenvalue weighted by Crippen LogP contribution is -2.09. The summed E-state index contributed by atoms with van der Waals surface area (Å²) in [7, 11) is 1.64. The van der Waals surface area contributed by atoms with Gasteiger partial charge in [0.15, 0.2) is 5.15 Å². The van der Waals surface area contributed by atoms with Crippen molar-refractivity contribution < 1.29 is 4.74 Å². The summed E-state index contributed by atoms with van der Waals surface area (Å²) in [6.07, 6.45) is 0. The van der Waals surface area contributed by atoms with E-state index in [0.29, 0.717) is 17.3 Å². The van der Waals surface area contributed by atoms with E-state index in [1.807, 2.05) is 30.3 Å². The Morgan fingerprint density at radius 1 is 1.23 bits per heavy atom. The molecule has 2 aromatic carbocycles. The Kier molecular flexibility index (Phi) is 3.98. The van der Waals surface area contributed by atoms with Crippen LogP contribution in [0.5, 0.6) is 5.75 Å². The lowest BCUT2D eigenvalue weighted by Gasteiger charge is -2.11. The number of halogens is 1. The first-order chi connectivity index (χ1) is 10.7. The van der Waals surface area contributed by atoms with Crippen LogP contribution in [0.1, 0.15) is 5.56 Å². The molecule has 0 saturated heterocycles. The number of nitrogens with zero attached hydrogens (tertiary/aromatic N) is 1. The molecule has 0 aliphatic rings. The second kappa shape index (κ2) is 6.07. The fraction of sp³-hybridized carbons (Fsp3) is 0.125. The maximum absolute atomic E-state index is 11.8. The van der Waals surface area contributed by atoms with Gasteiger partial charge in [0, 0.05) is 23.2 Å². The number of nitrogens with one attached hydrogen (secondary N) is 2. The van der Waals surface area contributed by atoms with Crippen LogP contribution in [0, 0.1) is 0 Å². The van der Waals surface area contributed by atoms with Gasteiger partial charge in [0.1, 0.15) is 5.75 Å². The summed E-state index contributed by atoms with van der Waals surface area (Å²) in [5.41, 5.74) is 1.60. The van der Waals surface area contributed by atoms with Gasteiger partial charge in [-0.25, -0.2) is 5.10 Å². The van der Waals surface area contributed by atoms with Crippen molar-refractivity contribution in [2.24, 2.45) is 0 Å². The zero-order valence-corrected chi connectivity index (χ0v) is 12.6. The fourth-order valence-corrected chi connectivity index (χ4v) is 2.50. The summed E-state index contributed by atoms with van der Waals surface area (Å²) in [6, 6.07) is 13.2. The van der Waals surface area contributed by atoms with E-state index in [-0.39, 0.29) is 10.7 Å². The van der Waals surface area contributed by atoms with Gasteiger partial charge in [-0.15, -0.1) is 0 Å². The average Bonchev–Trinajstić information content (AvgIpc) is 2.56. The highest BCUT2D eigenvalue weighted by Crippen LogP contribution is 2.23. The maximum atomic E-state index is 11.8. The van der Waals surface area contributed by atoms with E-state index in [1.165, 1.54) is 0 Å². The zero-order valence-electron chi connectivity index (χ0n) is 11.9. The first-order valence-corrected chi connectivity index (χ1v) is 7.10. The van der Waals surface area contributed by atoms with Gasteiger partial charge in [0.05, 0.1) is 12.5 Å². The van der Waals surface area contributed by atoms with Gasteiger partial charge in [0.2, 0.25) is 0 Å². The fourth-order valence-electron chi connectivity index (χ4n) is 2.29. The van der Waals surface area contributed by atoms with Crippen LogP contribution in [0.3, 0.4) is 0 Å². The standard InChI is InChI=1S/C16H14ClN3O2/c1-22-14-5-3-2-4-10(14)9-18-11-6-7-12-13(8-11)16(21)20-19-15(12)17/h2-8,18H,9H2,1H3,(H,20,21). The summed E-state index contributed by atoms with van der Waals surface area (Å²) in [4.78, 5) is 11.8. The number of methoxy groups -OCH3 is 1. The van der Waals surface area contributed by atoms with E-state index < -0.39 is 0 Å². The molecule has 0 bridgehead atoms. The highest BCUT2D eigenvalue weighted by molar-refractivity contribution is 6.34. The quantitative estimate of drug-likeness (QED) is 0.776. The van der Waals surface area contributed by atoms with Crippen LogP contribution in [-0.2, 0) is 6.54 Å². The van der Waals surface area contributed by atoms with E-state index in [4.69, 9.17) is 16.3 Å². The van der Waals surface area contributed by atoms with Crippen molar-refractivity contribution in [2.75, 3.05) is 12.4 Å². The first kappa shape index (κ1) is 14.4. The smallest absolute Gasteiger partial charge is 0.272 e. The SMILES string of the molecule is COc1ccccc1CNc1ccc2c(Cl)n[nH]c(=O)c2c1. The summed E-state index contributed by atoms with van der Waals surface area (Å²) >= 11 is 5.98. The molecule has 0 amide bonds. The van der Waals surface area contributed by atoms with E-state index in [1.54, 1.807) is 19.2 Å². The molecular formula is C16H14ClN3O2. The topological polar surface area (TPSA) is 67.0 Å². The van der Waals surface area contributed by atoms with Crippen molar-refractivity contribution in [2.45, 2.75) is 6.54 Å². The molecule has 112 valence electrons. The third-order valence-electron chi connectivity index (χ3n) is 3.42. The minimum Gasteiger partial charge on any atom is -0.496 e. The highest BCUT2D eigenvalue weighted by Gasteiger charge is 2.06. The van der Waals surface area contributed by atoms with Crippen LogP contribution in [0.15, 0.2) is 47.3 Å². The Morgan fingerprint density at radius 3 is 2.86 bits per heavy atom. The van der Waals surface area contributed by atoms with E-state index in [0.717, 1.165) is 17.0 Å². The number of H-pyrrole nitrogens is 1. The molecule has 0 radical (unpaired) electrons. The lowest BCUT2D eigenvalue weighted by atomic mass is 10.1. The molecule has 0 saturated carbocycles. The zero-order chi connectivity index (χ0) is 15.5. The molecule has 5 nitrogen and oxygen atoms in total. The van der Waals surface area contributed by atoms with E-state index >= 15 is 0 Å². The molecule has 22 heavy (non-hydrogen) atoms. The molecule has 1 aromatic heterocycles. The van der Waals surface area contributed by atoms with Gasteiger partial charge in [-0.3, -0.25) is 4.79 Å². The van der Waals surface area contributed by atoms with Gasteiger partial charge < -0.3 is 10.1 Å². The second-order valence-corrected chi connectivity index (χ2v) is 5.13. The molecule has 6 heteroatoms. The summed E-state index contributed by atoms with van der Waals surface area (Å²) in [5.74, 6) is 0.820. The van der Waals surface area contributed by atoms with Crippen LogP contribution in [-0.4, -0.2) is 17.3 Å². The molecule has 0 atom stereocenters. The molecule has 0 fully saturated rings. The molecule has 0 spiro atoms. The number of ether oxygens (including phenoxy) is 1. The predicted molar refractivity (Wildman–Crippen MR) is 87.7 cm³/mol. The predicted octanol–water partition coefficient (Wildman–Crippen LogP) is 3.20. The molecule has 3 rings (SSSR count). The van der Waals surface area contributed by atoms with E-state index in [9.17, 15) is 4.79 Å². The summed E-state index contributed by atoms with van der Waals surface area (Å²) in [6.45, 7) is 0.590. The van der Waals surface area contributed by atoms with Crippen molar-refractivity contribution in [1.29, 1.82) is 0 Å². The van der Waals surface area contributed by atoms with E-state index in [2.05, 4.69) is 15.5 Å². The molecule has 1 heterocycles. The Labute approximate surface area is 131 Å². The lowest BCUT2D eigenvalue weighted by molar-refractivity contribution is 0.410. The number of fused-ring (bicyclic) bond motifs is 1. The van der Waals surface area contributed by atoms with Crippen molar-refractivity contribution >= 4 is 28.1 Å². The van der Waals surface area contributed by atoms with Crippen LogP contribution in [0.4, 0.5) is 5.69 Å². The third-order valence-corrected chi connectivity index (χ3v) is 3.71. The molecule has 0 aliphatic heterocycles. The normalized spacial score (nSPS) is 10.6. The van der Waals surface area contributed by atoms with Gasteiger partial charge >= 0.3 is 0 Å². The Bertz CT molecular complexity index is 877. The third kappa shape index (κ3) is 2.76. The largest absolute Gasteiger partial charge is 0.496 e. The van der Waals surface area contributed by atoms with Crippen molar-refractivity contribution in [3.8, 4) is 5.75 Å². The van der Waals surface area contributed by atoms with Crippen molar-refractivity contribution in [3.05, 3.63) is 63.5 Å². The molecule has 0 unspecified atom stereocenters. The average molecular weight is 316 g/mol. The van der Waals surface area contributed by atoms with Crippen LogP contribution in [0.25, 0.3) is 10.8 Å². The van der Waals surface area contributed by atoms with Crippen molar-refractivity contribution in [3.63, 3.8) is 0 Å². The molecule has 0 aliphatic carbocycles. The number of benzene rings is 2. The summed E-state index contributed by atoms with van der Waals surface area (Å²) < 4.78 is 5.32. The molecule has 2 N–H and O–H groups in total. The highest BCUT2D eigenvalue weighted by atomic mass is 35.5. The number of para-hydroxylation sites is 1. The first-order valence-electron chi connectivity index (χ1n) is 6.73. The number of hydrogen-bond donors (Lipinski definition) is 2. The molecular weight excluding hydrogens is 302 g/mol. The maximum Gasteiger partial charge on any atom is 0.272 e. The van der Waals surface area contributed by atoms with Crippen molar-refractivity contribution in [1.82, 2.24) is 10.2 Å². The van der Waals surface area contributed by atoms with Gasteiger partial charge in [0.25, 0.3) is 5.56 Å². The number of aromatic amines is 1. The monoisotopic (exact) mass is 315 g/mol. The number of anilines is 1.